The van der Waals surface area contributed by atoms with Gasteiger partial charge in [-0.2, -0.15) is 0 Å². The largest absolute Gasteiger partial charge is 0.496 e. The monoisotopic (exact) mass is 787 g/mol. The molecule has 11 nitrogen and oxygen atoms in total. The number of hydrogen-bond acceptors (Lipinski definition) is 6. The number of anilines is 2. The van der Waals surface area contributed by atoms with E-state index < -0.39 is 17.5 Å². The Hall–Kier alpha value is -7.60. The maximum absolute atomic E-state index is 15.6. The maximum atomic E-state index is 15.6. The molecule has 0 bridgehead atoms. The number of carbonyl (C=O) groups excluding carboxylic acids is 3. The maximum Gasteiger partial charge on any atom is 0.420 e. The topological polar surface area (TPSA) is 120 Å². The molecule has 2 N–H and O–H groups in total. The lowest BCUT2D eigenvalue weighted by molar-refractivity contribution is -0.674. The van der Waals surface area contributed by atoms with Crippen LogP contribution in [0.15, 0.2) is 146 Å². The van der Waals surface area contributed by atoms with Gasteiger partial charge in [0.25, 0.3) is 17.6 Å². The van der Waals surface area contributed by atoms with E-state index in [4.69, 9.17) is 14.5 Å². The zero-order valence-electron chi connectivity index (χ0n) is 32.8. The Bertz CT molecular complexity index is 2890. The summed E-state index contributed by atoms with van der Waals surface area (Å²) in [7, 11) is 3.33. The summed E-state index contributed by atoms with van der Waals surface area (Å²) >= 11 is 0. The number of imidazole rings is 2. The lowest BCUT2D eigenvalue weighted by atomic mass is 10.1. The first-order valence-corrected chi connectivity index (χ1v) is 18.9. The van der Waals surface area contributed by atoms with Crippen LogP contribution in [0.2, 0.25) is 0 Å². The highest BCUT2D eigenvalue weighted by Crippen LogP contribution is 2.31. The highest BCUT2D eigenvalue weighted by molar-refractivity contribution is 6.07. The second-order valence-electron chi connectivity index (χ2n) is 14.6. The molecule has 0 aliphatic carbocycles. The summed E-state index contributed by atoms with van der Waals surface area (Å²) in [6, 6.07) is 42.2. The Balaban J connectivity index is 1.16. The van der Waals surface area contributed by atoms with Crippen LogP contribution in [0.4, 0.5) is 20.6 Å². The van der Waals surface area contributed by atoms with Gasteiger partial charge in [-0.15, -0.1) is 0 Å². The molecule has 59 heavy (non-hydrogen) atoms. The van der Waals surface area contributed by atoms with Crippen molar-refractivity contribution in [2.75, 3.05) is 17.7 Å². The molecule has 294 valence electrons. The molecule has 0 saturated heterocycles. The third kappa shape index (κ3) is 7.63. The Labute approximate surface area is 339 Å². The Morgan fingerprint density at radius 2 is 1.37 bits per heavy atom. The number of ether oxygens (including phenoxy) is 2. The fourth-order valence-corrected chi connectivity index (χ4v) is 7.27. The van der Waals surface area contributed by atoms with E-state index in [1.54, 1.807) is 105 Å². The van der Waals surface area contributed by atoms with Gasteiger partial charge in [0.15, 0.2) is 16.9 Å². The molecule has 8 aromatic rings. The van der Waals surface area contributed by atoms with Gasteiger partial charge in [0.1, 0.15) is 23.7 Å². The summed E-state index contributed by atoms with van der Waals surface area (Å²) in [6.45, 7) is 3.69. The van der Waals surface area contributed by atoms with Gasteiger partial charge in [0.05, 0.1) is 36.3 Å². The van der Waals surface area contributed by atoms with Crippen molar-refractivity contribution in [1.82, 2.24) is 14.1 Å². The van der Waals surface area contributed by atoms with E-state index in [2.05, 4.69) is 10.6 Å². The van der Waals surface area contributed by atoms with Gasteiger partial charge < -0.3 is 20.1 Å². The lowest BCUT2D eigenvalue weighted by Gasteiger charge is -2.24. The van der Waals surface area contributed by atoms with Gasteiger partial charge in [-0.05, 0) is 80.6 Å². The summed E-state index contributed by atoms with van der Waals surface area (Å²) in [4.78, 5) is 45.8. The fourth-order valence-electron chi connectivity index (χ4n) is 7.27. The number of methoxy groups -OCH3 is 1. The van der Waals surface area contributed by atoms with Gasteiger partial charge in [-0.3, -0.25) is 9.59 Å². The number of fused-ring (bicyclic) bond motifs is 2. The Morgan fingerprint density at radius 1 is 0.746 bits per heavy atom. The minimum Gasteiger partial charge on any atom is -0.496 e. The number of benzene rings is 6. The molecule has 0 fully saturated rings. The van der Waals surface area contributed by atoms with E-state index in [1.807, 2.05) is 64.7 Å². The molecule has 0 saturated carbocycles. The van der Waals surface area contributed by atoms with Gasteiger partial charge in [-0.25, -0.2) is 27.9 Å². The molecule has 0 aliphatic heterocycles. The van der Waals surface area contributed by atoms with Crippen molar-refractivity contribution in [1.29, 1.82) is 0 Å². The smallest absolute Gasteiger partial charge is 0.420 e. The average molecular weight is 788 g/mol. The first-order valence-electron chi connectivity index (χ1n) is 18.9. The number of aromatic nitrogens is 4. The van der Waals surface area contributed by atoms with Crippen molar-refractivity contribution in [3.63, 3.8) is 0 Å². The van der Waals surface area contributed by atoms with Crippen LogP contribution < -0.4 is 19.9 Å². The summed E-state index contributed by atoms with van der Waals surface area (Å²) in [6.07, 6.45) is -0.697. The van der Waals surface area contributed by atoms with Gasteiger partial charge in [-0.1, -0.05) is 72.8 Å². The summed E-state index contributed by atoms with van der Waals surface area (Å²) in [5, 5.41) is 5.88. The third-order valence-electron chi connectivity index (χ3n) is 9.99. The minimum atomic E-state index is -1.18. The van der Waals surface area contributed by atoms with Crippen LogP contribution in [0.5, 0.6) is 5.75 Å². The number of hydrogen-bond donors (Lipinski definition) is 2. The number of rotatable bonds is 10. The summed E-state index contributed by atoms with van der Waals surface area (Å²) < 4.78 is 32.6. The molecule has 0 spiro atoms. The van der Waals surface area contributed by atoms with Gasteiger partial charge in [0.2, 0.25) is 0 Å². The third-order valence-corrected chi connectivity index (χ3v) is 9.99. The molecule has 0 unspecified atom stereocenters. The number of nitrogens with zero attached hydrogens (tertiary/aromatic N) is 4. The van der Waals surface area contributed by atoms with Crippen LogP contribution in [0.25, 0.3) is 44.8 Å². The van der Waals surface area contributed by atoms with Crippen molar-refractivity contribution in [3.8, 4) is 28.5 Å². The van der Waals surface area contributed by atoms with E-state index in [0.717, 1.165) is 0 Å². The predicted octanol–water partition coefficient (Wildman–Crippen LogP) is 9.27. The highest BCUT2D eigenvalue weighted by Gasteiger charge is 2.35. The normalized spacial score (nSPS) is 11.4. The highest BCUT2D eigenvalue weighted by atomic mass is 19.1. The molecular weight excluding hydrogens is 748 g/mol. The second kappa shape index (κ2) is 15.7. The van der Waals surface area contributed by atoms with Crippen LogP contribution in [-0.2, 0) is 18.3 Å². The number of halogens is 1. The molecule has 2 amide bonds. The molecule has 12 heteroatoms. The molecule has 0 atom stereocenters. The quantitative estimate of drug-likeness (QED) is 0.133. The predicted molar refractivity (Wildman–Crippen MR) is 225 cm³/mol. The van der Waals surface area contributed by atoms with Crippen molar-refractivity contribution in [2.24, 2.45) is 7.05 Å². The van der Waals surface area contributed by atoms with Gasteiger partial charge in [0, 0.05) is 28.6 Å². The molecule has 0 aliphatic rings. The van der Waals surface area contributed by atoms with E-state index >= 15 is 4.39 Å². The molecule has 0 radical (unpaired) electrons. The van der Waals surface area contributed by atoms with Crippen molar-refractivity contribution in [3.05, 3.63) is 163 Å². The fraction of sp³-hybridized carbons (Fsp3) is 0.128. The van der Waals surface area contributed by atoms with E-state index in [9.17, 15) is 14.4 Å². The number of para-hydroxylation sites is 1. The Morgan fingerprint density at radius 3 is 2.10 bits per heavy atom. The van der Waals surface area contributed by atoms with Crippen LogP contribution in [0.3, 0.4) is 0 Å². The Kier molecular flexibility index (Phi) is 10.2. The van der Waals surface area contributed by atoms with E-state index in [-0.39, 0.29) is 18.4 Å². The molecule has 8 rings (SSSR count). The number of carbonyl (C=O) groups is 3. The molecule has 2 heterocycles. The van der Waals surface area contributed by atoms with Crippen LogP contribution >= 0.6 is 0 Å². The molecule has 6 aromatic carbocycles. The lowest BCUT2D eigenvalue weighted by Crippen LogP contribution is -2.48. The minimum absolute atomic E-state index is 0.109. The molecular formula is C47H40FN6O5+. The zero-order valence-corrected chi connectivity index (χ0v) is 32.8. The number of aryl methyl sites for hydroxylation is 1. The number of nitrogens with one attached hydrogen (secondary N) is 2. The second-order valence-corrected chi connectivity index (χ2v) is 14.6. The van der Waals surface area contributed by atoms with Crippen molar-refractivity contribution >= 4 is 51.3 Å². The first-order chi connectivity index (χ1) is 28.5. The van der Waals surface area contributed by atoms with E-state index in [0.29, 0.717) is 73.1 Å². The first kappa shape index (κ1) is 38.3. The summed E-state index contributed by atoms with van der Waals surface area (Å²) in [5.41, 5.74) is 4.06. The number of amides is 2. The SMILES string of the molecule is COc1ccccc1C(=O)Nc1ccc2c(c1)n(C)c(-c1ccccc1F)[n+]2CC(C)(C)OC(=O)n1c(-c2ccccc2)nc2ccc(NC(=O)c3ccccc3)cc21. The van der Waals surface area contributed by atoms with Crippen LogP contribution in [-0.4, -0.2) is 44.7 Å². The standard InChI is InChI=1S/C47H39FN6O5/c1-47(2,59-46(57)54-39-27-32(49-43(55)31-17-9-6-10-18-31)23-25-37(39)51-42(54)30-15-7-5-8-16-30)29-53-38-26-24-33(50-44(56)35-20-12-14-22-41(35)58-4)28-40(38)52(3)45(53)34-19-11-13-21-36(34)48/h5-28H,29H2,1-4H3,(H-,49,50,55,56)/p+1. The van der Waals surface area contributed by atoms with Crippen LogP contribution in [0, 0.1) is 5.82 Å². The molecule has 2 aromatic heterocycles. The van der Waals surface area contributed by atoms with Gasteiger partial charge >= 0.3 is 6.09 Å². The summed E-state index contributed by atoms with van der Waals surface area (Å²) in [5.74, 6) is 0.244. The zero-order chi connectivity index (χ0) is 41.3. The van der Waals surface area contributed by atoms with Crippen molar-refractivity contribution in [2.45, 2.75) is 26.0 Å². The van der Waals surface area contributed by atoms with E-state index in [1.165, 1.54) is 17.7 Å². The van der Waals surface area contributed by atoms with Crippen LogP contribution in [0.1, 0.15) is 34.6 Å². The average Bonchev–Trinajstić information content (AvgIpc) is 3.75. The van der Waals surface area contributed by atoms with Crippen molar-refractivity contribution < 1.29 is 32.8 Å².